The van der Waals surface area contributed by atoms with Crippen LogP contribution in [0.15, 0.2) is 0 Å². The van der Waals surface area contributed by atoms with Crippen LogP contribution in [-0.4, -0.2) is 192 Å². The van der Waals surface area contributed by atoms with Crippen molar-refractivity contribution in [1.82, 2.24) is 0 Å². The maximum Gasteiger partial charge on any atom is 0.187 e. The fraction of sp³-hybridized carbons (Fsp3) is 0.966. The number of rotatable bonds is 18. The minimum atomic E-state index is -1.46. The van der Waals surface area contributed by atoms with Crippen LogP contribution in [-0.2, 0) is 42.7 Å². The molecular formula is C29H54N6O13S2. The van der Waals surface area contributed by atoms with Gasteiger partial charge in [0.2, 0.25) is 0 Å². The Labute approximate surface area is 298 Å². The predicted octanol–water partition coefficient (Wildman–Crippen LogP) is -6.16. The van der Waals surface area contributed by atoms with Crippen LogP contribution >= 0.6 is 23.5 Å². The Hall–Kier alpha value is -0.350. The number of hydrogen-bond acceptors (Lipinski definition) is 21. The first-order valence-corrected chi connectivity index (χ1v) is 19.2. The number of thioether (sulfide) groups is 2. The number of epoxide rings is 1. The molecule has 0 aromatic carbocycles. The molecule has 19 nitrogen and oxygen atoms in total. The Morgan fingerprint density at radius 1 is 0.640 bits per heavy atom. The van der Waals surface area contributed by atoms with Crippen molar-refractivity contribution in [2.75, 3.05) is 49.3 Å². The zero-order valence-electron chi connectivity index (χ0n) is 27.7. The van der Waals surface area contributed by atoms with Crippen molar-refractivity contribution < 1.29 is 63.1 Å². The quantitative estimate of drug-likeness (QED) is 0.0353. The van der Waals surface area contributed by atoms with Crippen molar-refractivity contribution in [3.63, 3.8) is 0 Å². The molecule has 4 aliphatic heterocycles. The first kappa shape index (κ1) is 40.8. The Bertz CT molecular complexity index is 1070. The molecule has 19 unspecified atom stereocenters. The number of aldehydes is 1. The third kappa shape index (κ3) is 9.47. The fourth-order valence-corrected chi connectivity index (χ4v) is 8.08. The van der Waals surface area contributed by atoms with Crippen molar-refractivity contribution in [2.45, 2.75) is 123 Å². The van der Waals surface area contributed by atoms with Gasteiger partial charge in [0.15, 0.2) is 18.9 Å². The third-order valence-corrected chi connectivity index (χ3v) is 11.4. The van der Waals surface area contributed by atoms with Crippen LogP contribution in [0.1, 0.15) is 6.42 Å². The first-order chi connectivity index (χ1) is 24.0. The van der Waals surface area contributed by atoms with Crippen molar-refractivity contribution >= 4 is 29.8 Å². The van der Waals surface area contributed by atoms with E-state index in [1.54, 1.807) is 0 Å². The molecular weight excluding hydrogens is 704 g/mol. The fourth-order valence-electron chi connectivity index (χ4n) is 6.68. The smallest absolute Gasteiger partial charge is 0.187 e. The first-order valence-electron chi connectivity index (χ1n) is 16.9. The normalized spacial score (nSPS) is 47.6. The van der Waals surface area contributed by atoms with E-state index in [1.165, 1.54) is 23.5 Å². The van der Waals surface area contributed by atoms with Crippen LogP contribution < -0.4 is 34.4 Å². The number of aliphatic hydroxyl groups excluding tert-OH is 4. The summed E-state index contributed by atoms with van der Waals surface area (Å²) in [6.07, 6.45) is -14.1. The number of hydrogen-bond donors (Lipinski definition) is 10. The molecule has 1 aliphatic carbocycles. The summed E-state index contributed by atoms with van der Waals surface area (Å²) in [6, 6.07) is -3.33. The van der Waals surface area contributed by atoms with Gasteiger partial charge in [-0.25, -0.2) is 0 Å². The van der Waals surface area contributed by atoms with E-state index in [-0.39, 0.29) is 31.7 Å². The van der Waals surface area contributed by atoms with E-state index in [0.29, 0.717) is 36.2 Å². The maximum atomic E-state index is 11.6. The summed E-state index contributed by atoms with van der Waals surface area (Å²) < 4.78 is 47.9. The Kier molecular flexibility index (Phi) is 15.4. The maximum absolute atomic E-state index is 11.6. The molecule has 0 bridgehead atoms. The SMILES string of the molecule is NCC1OC(OC2C(CSCCOCCSCC=O)OC(OC3C(O)C(N)CC(N)C3OC3OC(CN)C4OC4C3N)C2O)C(N)C(O)C1O. The third-order valence-electron chi connectivity index (χ3n) is 9.59. The van der Waals surface area contributed by atoms with Gasteiger partial charge >= 0.3 is 0 Å². The van der Waals surface area contributed by atoms with Gasteiger partial charge in [-0.15, -0.1) is 0 Å². The lowest BCUT2D eigenvalue weighted by Crippen LogP contribution is -2.66. The minimum Gasteiger partial charge on any atom is -0.389 e. The van der Waals surface area contributed by atoms with E-state index < -0.39 is 104 Å². The predicted molar refractivity (Wildman–Crippen MR) is 179 cm³/mol. The van der Waals surface area contributed by atoms with Crippen molar-refractivity contribution in [2.24, 2.45) is 34.4 Å². The van der Waals surface area contributed by atoms with Gasteiger partial charge in [-0.1, -0.05) is 0 Å². The molecule has 1 saturated carbocycles. The summed E-state index contributed by atoms with van der Waals surface area (Å²) in [5, 5.41) is 43.7. The van der Waals surface area contributed by atoms with Gasteiger partial charge in [-0.05, 0) is 6.42 Å². The average molecular weight is 759 g/mol. The average Bonchev–Trinajstić information content (AvgIpc) is 3.86. The molecule has 4 saturated heterocycles. The number of carbonyl (C=O) groups is 1. The standard InChI is InChI=1S/C29H54N6O13S2/c30-8-13-19(38)20(39)16(34)27(42-13)47-23-15(10-50-6-3-41-2-5-49-4-1-36)44-29(21(23)40)48-26-18(37)11(32)7-12(33)22(26)46-28-17(35)25-24(45-25)14(9-31)43-28/h1,11-29,37-40H,2-10,30-35H2. The molecule has 0 aromatic heterocycles. The van der Waals surface area contributed by atoms with E-state index in [1.807, 2.05) is 0 Å². The number of fused-ring (bicyclic) bond motifs is 1. The highest BCUT2D eigenvalue weighted by atomic mass is 32.2. The second-order valence-corrected chi connectivity index (χ2v) is 15.4. The van der Waals surface area contributed by atoms with Crippen LogP contribution in [0.2, 0.25) is 0 Å². The molecule has 5 fully saturated rings. The van der Waals surface area contributed by atoms with Gasteiger partial charge < -0.3 is 97.5 Å². The second-order valence-electron chi connectivity index (χ2n) is 13.1. The van der Waals surface area contributed by atoms with Crippen LogP contribution in [0, 0.1) is 0 Å². The van der Waals surface area contributed by atoms with Crippen molar-refractivity contribution in [3.8, 4) is 0 Å². The highest BCUT2D eigenvalue weighted by Gasteiger charge is 2.58. The molecule has 0 amide bonds. The number of ether oxygens (including phenoxy) is 8. The number of aliphatic hydroxyl groups is 4. The van der Waals surface area contributed by atoms with Crippen molar-refractivity contribution in [1.29, 1.82) is 0 Å². The summed E-state index contributed by atoms with van der Waals surface area (Å²) in [4.78, 5) is 10.5. The summed E-state index contributed by atoms with van der Waals surface area (Å²) in [6.45, 7) is 0.978. The summed E-state index contributed by atoms with van der Waals surface area (Å²) in [7, 11) is 0. The molecule has 21 heteroatoms. The minimum absolute atomic E-state index is 0.122. The molecule has 5 rings (SSSR count). The highest BCUT2D eigenvalue weighted by molar-refractivity contribution is 7.99. The van der Waals surface area contributed by atoms with Crippen LogP contribution in [0.4, 0.5) is 0 Å². The topological polar surface area (TPSA) is 331 Å². The number of carbonyl (C=O) groups excluding carboxylic acids is 1. The molecule has 0 aromatic rings. The highest BCUT2D eigenvalue weighted by Crippen LogP contribution is 2.39. The summed E-state index contributed by atoms with van der Waals surface area (Å²) >= 11 is 2.94. The van der Waals surface area contributed by atoms with Crippen LogP contribution in [0.5, 0.6) is 0 Å². The van der Waals surface area contributed by atoms with Gasteiger partial charge in [-0.3, -0.25) is 0 Å². The van der Waals surface area contributed by atoms with Gasteiger partial charge in [0.1, 0.15) is 67.3 Å². The van der Waals surface area contributed by atoms with Crippen LogP contribution in [0.25, 0.3) is 0 Å². The summed E-state index contributed by atoms with van der Waals surface area (Å²) in [5.74, 6) is 1.98. The second kappa shape index (κ2) is 18.8. The number of nitrogens with two attached hydrogens (primary N) is 6. The molecule has 4 heterocycles. The Morgan fingerprint density at radius 3 is 1.96 bits per heavy atom. The Morgan fingerprint density at radius 2 is 1.26 bits per heavy atom. The molecule has 0 spiro atoms. The lowest BCUT2D eigenvalue weighted by atomic mass is 9.84. The summed E-state index contributed by atoms with van der Waals surface area (Å²) in [5.41, 5.74) is 36.9. The lowest BCUT2D eigenvalue weighted by molar-refractivity contribution is -0.287. The van der Waals surface area contributed by atoms with Gasteiger partial charge in [-0.2, -0.15) is 23.5 Å². The molecule has 16 N–H and O–H groups in total. The van der Waals surface area contributed by atoms with Gasteiger partial charge in [0, 0.05) is 48.2 Å². The van der Waals surface area contributed by atoms with E-state index in [4.69, 9.17) is 72.3 Å². The van der Waals surface area contributed by atoms with E-state index in [2.05, 4.69) is 0 Å². The van der Waals surface area contributed by atoms with Gasteiger partial charge in [0.25, 0.3) is 0 Å². The molecule has 0 radical (unpaired) electrons. The van der Waals surface area contributed by atoms with E-state index in [9.17, 15) is 25.2 Å². The van der Waals surface area contributed by atoms with Crippen molar-refractivity contribution in [3.05, 3.63) is 0 Å². The monoisotopic (exact) mass is 758 g/mol. The molecule has 19 atom stereocenters. The van der Waals surface area contributed by atoms with E-state index in [0.717, 1.165) is 6.29 Å². The van der Waals surface area contributed by atoms with E-state index >= 15 is 0 Å². The zero-order chi connectivity index (χ0) is 36.1. The van der Waals surface area contributed by atoms with Gasteiger partial charge in [0.05, 0.1) is 37.5 Å². The zero-order valence-corrected chi connectivity index (χ0v) is 29.3. The molecule has 290 valence electrons. The molecule has 50 heavy (non-hydrogen) atoms. The molecule has 5 aliphatic rings. The lowest BCUT2D eigenvalue weighted by Gasteiger charge is -2.45. The van der Waals surface area contributed by atoms with Crippen LogP contribution in [0.3, 0.4) is 0 Å². The Balaban J connectivity index is 1.27. The largest absolute Gasteiger partial charge is 0.389 e.